The van der Waals surface area contributed by atoms with E-state index in [1.807, 2.05) is 0 Å². The first-order valence-electron chi connectivity index (χ1n) is 7.67. The molecule has 2 aromatic carbocycles. The first-order valence-corrected chi connectivity index (χ1v) is 7.67. The Morgan fingerprint density at radius 3 is 2.48 bits per heavy atom. The molecule has 0 saturated heterocycles. The van der Waals surface area contributed by atoms with Gasteiger partial charge in [-0.3, -0.25) is 10.1 Å². The second-order valence-electron chi connectivity index (χ2n) is 5.58. The summed E-state index contributed by atoms with van der Waals surface area (Å²) in [6.45, 7) is -1.27. The second-order valence-corrected chi connectivity index (χ2v) is 5.58. The van der Waals surface area contributed by atoms with Crippen molar-refractivity contribution in [3.05, 3.63) is 74.2 Å². The number of hydrogen-bond acceptors (Lipinski definition) is 6. The number of ether oxygens (including phenoxy) is 1. The molecule has 0 aliphatic carbocycles. The van der Waals surface area contributed by atoms with Gasteiger partial charge in [-0.1, -0.05) is 6.07 Å². The molecule has 0 amide bonds. The molecule has 9 nitrogen and oxygen atoms in total. The number of nitro groups is 1. The molecule has 0 aliphatic heterocycles. The highest BCUT2D eigenvalue weighted by molar-refractivity contribution is 5.42. The molecule has 3 aromatic rings. The Morgan fingerprint density at radius 2 is 1.89 bits per heavy atom. The normalized spacial score (nSPS) is 11.0. The number of aromatic nitrogens is 4. The van der Waals surface area contributed by atoms with Gasteiger partial charge in [-0.25, -0.2) is 4.79 Å². The number of halogens is 2. The minimum atomic E-state index is -2.94. The van der Waals surface area contributed by atoms with Crippen molar-refractivity contribution in [2.24, 2.45) is 0 Å². The number of nitrogens with zero attached hydrogens (tertiary/aromatic N) is 5. The Morgan fingerprint density at radius 1 is 1.19 bits per heavy atom. The second kappa shape index (κ2) is 7.32. The number of hydrogen-bond donors (Lipinski definition) is 0. The summed E-state index contributed by atoms with van der Waals surface area (Å²) in [7, 11) is 0. The first kappa shape index (κ1) is 18.2. The van der Waals surface area contributed by atoms with Crippen LogP contribution in [0.1, 0.15) is 11.1 Å². The lowest BCUT2D eigenvalue weighted by Gasteiger charge is -2.05. The maximum absolute atomic E-state index is 12.4. The lowest BCUT2D eigenvalue weighted by molar-refractivity contribution is -0.385. The van der Waals surface area contributed by atoms with E-state index in [0.717, 1.165) is 9.36 Å². The van der Waals surface area contributed by atoms with Crippen LogP contribution in [0.25, 0.3) is 5.69 Å². The first-order chi connectivity index (χ1) is 12.8. The molecular formula is C16H13F2N5O4. The lowest BCUT2D eigenvalue weighted by Crippen LogP contribution is -2.24. The monoisotopic (exact) mass is 377 g/mol. The topological polar surface area (TPSA) is 105 Å². The lowest BCUT2D eigenvalue weighted by atomic mass is 10.1. The van der Waals surface area contributed by atoms with E-state index >= 15 is 0 Å². The van der Waals surface area contributed by atoms with Crippen molar-refractivity contribution in [1.82, 2.24) is 19.8 Å². The van der Waals surface area contributed by atoms with Crippen LogP contribution in [0.2, 0.25) is 0 Å². The van der Waals surface area contributed by atoms with Crippen LogP contribution >= 0.6 is 0 Å². The average Bonchev–Trinajstić information content (AvgIpc) is 2.95. The van der Waals surface area contributed by atoms with Gasteiger partial charge in [0.05, 0.1) is 17.2 Å². The van der Waals surface area contributed by atoms with E-state index in [1.54, 1.807) is 13.0 Å². The molecule has 0 fully saturated rings. The van der Waals surface area contributed by atoms with Gasteiger partial charge in [0.15, 0.2) is 0 Å². The molecule has 0 saturated carbocycles. The number of tetrazole rings is 1. The minimum Gasteiger partial charge on any atom is -0.435 e. The van der Waals surface area contributed by atoms with Gasteiger partial charge in [0.1, 0.15) is 5.75 Å². The molecule has 1 aromatic heterocycles. The summed E-state index contributed by atoms with van der Waals surface area (Å²) in [6, 6.07) is 9.86. The van der Waals surface area contributed by atoms with Gasteiger partial charge in [-0.2, -0.15) is 18.1 Å². The number of alkyl halides is 2. The van der Waals surface area contributed by atoms with Gasteiger partial charge in [0.25, 0.3) is 5.69 Å². The molecule has 0 spiro atoms. The van der Waals surface area contributed by atoms with Gasteiger partial charge in [0.2, 0.25) is 0 Å². The maximum Gasteiger partial charge on any atom is 0.387 e. The van der Waals surface area contributed by atoms with Crippen LogP contribution in [0.3, 0.4) is 0 Å². The molecule has 0 atom stereocenters. The van der Waals surface area contributed by atoms with Crippen LogP contribution in [0.5, 0.6) is 5.75 Å². The van der Waals surface area contributed by atoms with Crippen LogP contribution in [0.4, 0.5) is 14.5 Å². The predicted octanol–water partition coefficient (Wildman–Crippen LogP) is 2.30. The van der Waals surface area contributed by atoms with Crippen molar-refractivity contribution in [2.75, 3.05) is 0 Å². The van der Waals surface area contributed by atoms with Crippen molar-refractivity contribution in [3.63, 3.8) is 0 Å². The predicted molar refractivity (Wildman–Crippen MR) is 89.2 cm³/mol. The standard InChI is InChI=1S/C16H13F2N5O4/c1-10-8-11(2-7-14(10)23(25)26)9-21-16(24)22(20-19-21)12-3-5-13(6-4-12)27-15(17)18/h2-8,15H,9H2,1H3. The number of rotatable bonds is 6. The quantitative estimate of drug-likeness (QED) is 0.482. The van der Waals surface area contributed by atoms with Crippen LogP contribution in [0, 0.1) is 17.0 Å². The smallest absolute Gasteiger partial charge is 0.387 e. The Balaban J connectivity index is 1.82. The molecule has 11 heteroatoms. The van der Waals surface area contributed by atoms with Crippen molar-refractivity contribution in [2.45, 2.75) is 20.1 Å². The zero-order chi connectivity index (χ0) is 19.6. The molecule has 27 heavy (non-hydrogen) atoms. The molecule has 140 valence electrons. The van der Waals surface area contributed by atoms with Gasteiger partial charge in [0, 0.05) is 11.6 Å². The summed E-state index contributed by atoms with van der Waals surface area (Å²) >= 11 is 0. The Bertz CT molecular complexity index is 1030. The molecule has 1 heterocycles. The molecular weight excluding hydrogens is 364 g/mol. The maximum atomic E-state index is 12.4. The van der Waals surface area contributed by atoms with E-state index in [1.165, 1.54) is 36.4 Å². The van der Waals surface area contributed by atoms with Crippen molar-refractivity contribution < 1.29 is 18.4 Å². The van der Waals surface area contributed by atoms with E-state index in [2.05, 4.69) is 15.2 Å². The van der Waals surface area contributed by atoms with E-state index in [0.29, 0.717) is 16.8 Å². The van der Waals surface area contributed by atoms with E-state index in [9.17, 15) is 23.7 Å². The molecule has 3 rings (SSSR count). The summed E-state index contributed by atoms with van der Waals surface area (Å²) in [5.41, 5.74) is 0.877. The molecule has 0 unspecified atom stereocenters. The van der Waals surface area contributed by atoms with Crippen molar-refractivity contribution in [1.29, 1.82) is 0 Å². The summed E-state index contributed by atoms with van der Waals surface area (Å²) in [5, 5.41) is 18.4. The fourth-order valence-electron chi connectivity index (χ4n) is 2.50. The van der Waals surface area contributed by atoms with Crippen molar-refractivity contribution >= 4 is 5.69 Å². The Labute approximate surface area is 150 Å². The summed E-state index contributed by atoms with van der Waals surface area (Å²) in [6.07, 6.45) is 0. The Kier molecular flexibility index (Phi) is 4.92. The number of benzene rings is 2. The Hall–Kier alpha value is -3.63. The van der Waals surface area contributed by atoms with Crippen LogP contribution < -0.4 is 10.4 Å². The van der Waals surface area contributed by atoms with Gasteiger partial charge in [-0.05, 0) is 53.2 Å². The number of nitro benzene ring substituents is 1. The highest BCUT2D eigenvalue weighted by Gasteiger charge is 2.13. The fourth-order valence-corrected chi connectivity index (χ4v) is 2.50. The van der Waals surface area contributed by atoms with Crippen LogP contribution in [-0.4, -0.2) is 31.3 Å². The van der Waals surface area contributed by atoms with E-state index in [4.69, 9.17) is 0 Å². The zero-order valence-electron chi connectivity index (χ0n) is 14.0. The van der Waals surface area contributed by atoms with Gasteiger partial charge >= 0.3 is 12.3 Å². The number of aryl methyl sites for hydroxylation is 1. The summed E-state index contributed by atoms with van der Waals surface area (Å²) in [4.78, 5) is 22.8. The third kappa shape index (κ3) is 3.97. The molecule has 0 N–H and O–H groups in total. The fraction of sp³-hybridized carbons (Fsp3) is 0.188. The molecule has 0 aliphatic rings. The van der Waals surface area contributed by atoms with Gasteiger partial charge < -0.3 is 4.74 Å². The molecule has 0 radical (unpaired) electrons. The highest BCUT2D eigenvalue weighted by atomic mass is 19.3. The van der Waals surface area contributed by atoms with Crippen LogP contribution in [0.15, 0.2) is 47.3 Å². The van der Waals surface area contributed by atoms with Gasteiger partial charge in [-0.15, -0.1) is 0 Å². The van der Waals surface area contributed by atoms with Crippen LogP contribution in [-0.2, 0) is 6.54 Å². The summed E-state index contributed by atoms with van der Waals surface area (Å²) in [5.74, 6) is -0.0458. The largest absolute Gasteiger partial charge is 0.435 e. The SMILES string of the molecule is Cc1cc(Cn2nnn(-c3ccc(OC(F)F)cc3)c2=O)ccc1[N+](=O)[O-]. The summed E-state index contributed by atoms with van der Waals surface area (Å²) < 4.78 is 30.7. The average molecular weight is 377 g/mol. The zero-order valence-corrected chi connectivity index (χ0v) is 14.0. The highest BCUT2D eigenvalue weighted by Crippen LogP contribution is 2.19. The third-order valence-corrected chi connectivity index (χ3v) is 3.74. The molecule has 0 bridgehead atoms. The van der Waals surface area contributed by atoms with Crippen molar-refractivity contribution in [3.8, 4) is 11.4 Å². The van der Waals surface area contributed by atoms with E-state index in [-0.39, 0.29) is 18.0 Å². The van der Waals surface area contributed by atoms with E-state index < -0.39 is 17.2 Å². The minimum absolute atomic E-state index is 0.0131. The third-order valence-electron chi connectivity index (χ3n) is 3.74.